The summed E-state index contributed by atoms with van der Waals surface area (Å²) in [6.07, 6.45) is 0. The van der Waals surface area contributed by atoms with Crippen LogP contribution in [0.25, 0.3) is 11.1 Å². The van der Waals surface area contributed by atoms with Crippen LogP contribution in [-0.4, -0.2) is 14.2 Å². The van der Waals surface area contributed by atoms with E-state index in [2.05, 4.69) is 24.4 Å². The number of halogens is 1. The summed E-state index contributed by atoms with van der Waals surface area (Å²) < 4.78 is 5.25. The fraction of sp³-hybridized carbons (Fsp3) is 0.250. The van der Waals surface area contributed by atoms with Gasteiger partial charge in [-0.05, 0) is 60.5 Å². The van der Waals surface area contributed by atoms with Gasteiger partial charge in [0.05, 0.1) is 7.11 Å². The summed E-state index contributed by atoms with van der Waals surface area (Å²) in [7, 11) is 3.62. The second kappa shape index (κ2) is 6.09. The zero-order valence-electron chi connectivity index (χ0n) is 11.5. The molecule has 0 aliphatic rings. The molecular weight excluding hydrogens is 258 g/mol. The van der Waals surface area contributed by atoms with Crippen LogP contribution in [0.4, 0.5) is 0 Å². The highest BCUT2D eigenvalue weighted by molar-refractivity contribution is 6.30. The number of ether oxygens (including phenoxy) is 1. The predicted octanol–water partition coefficient (Wildman–Crippen LogP) is 4.04. The lowest BCUT2D eigenvalue weighted by Gasteiger charge is -2.13. The minimum absolute atomic E-state index is 0.755. The van der Waals surface area contributed by atoms with E-state index in [0.29, 0.717) is 0 Å². The molecule has 2 aromatic rings. The SMILES string of the molecule is CNCc1ccc(Cl)cc1-c1ccc(OC)cc1C. The normalized spacial score (nSPS) is 10.5. The zero-order valence-corrected chi connectivity index (χ0v) is 12.2. The van der Waals surface area contributed by atoms with Gasteiger partial charge < -0.3 is 10.1 Å². The fourth-order valence-corrected chi connectivity index (χ4v) is 2.38. The van der Waals surface area contributed by atoms with Crippen LogP contribution in [0.2, 0.25) is 5.02 Å². The first-order chi connectivity index (χ1) is 9.15. The lowest BCUT2D eigenvalue weighted by atomic mass is 9.96. The summed E-state index contributed by atoms with van der Waals surface area (Å²) in [5.41, 5.74) is 4.77. The maximum atomic E-state index is 6.13. The van der Waals surface area contributed by atoms with Gasteiger partial charge in [-0.1, -0.05) is 23.7 Å². The number of hydrogen-bond donors (Lipinski definition) is 1. The van der Waals surface area contributed by atoms with E-state index in [0.717, 1.165) is 17.3 Å². The van der Waals surface area contributed by atoms with Crippen LogP contribution in [-0.2, 0) is 6.54 Å². The van der Waals surface area contributed by atoms with E-state index >= 15 is 0 Å². The quantitative estimate of drug-likeness (QED) is 0.909. The van der Waals surface area contributed by atoms with Gasteiger partial charge in [0.2, 0.25) is 0 Å². The Morgan fingerprint density at radius 2 is 1.89 bits per heavy atom. The monoisotopic (exact) mass is 275 g/mol. The van der Waals surface area contributed by atoms with Crippen molar-refractivity contribution >= 4 is 11.6 Å². The van der Waals surface area contributed by atoms with Gasteiger partial charge in [0, 0.05) is 11.6 Å². The van der Waals surface area contributed by atoms with E-state index in [9.17, 15) is 0 Å². The highest BCUT2D eigenvalue weighted by Crippen LogP contribution is 2.31. The molecule has 0 radical (unpaired) electrons. The van der Waals surface area contributed by atoms with Crippen molar-refractivity contribution in [3.63, 3.8) is 0 Å². The maximum Gasteiger partial charge on any atom is 0.119 e. The van der Waals surface area contributed by atoms with E-state index < -0.39 is 0 Å². The van der Waals surface area contributed by atoms with Crippen molar-refractivity contribution in [1.29, 1.82) is 0 Å². The third-order valence-electron chi connectivity index (χ3n) is 3.16. The molecule has 0 aromatic heterocycles. The summed E-state index contributed by atoms with van der Waals surface area (Å²) in [5.74, 6) is 0.874. The van der Waals surface area contributed by atoms with E-state index in [1.54, 1.807) is 7.11 Å². The van der Waals surface area contributed by atoms with Gasteiger partial charge in [-0.2, -0.15) is 0 Å². The fourth-order valence-electron chi connectivity index (χ4n) is 2.21. The Bertz CT molecular complexity index is 581. The second-order valence-corrected chi connectivity index (χ2v) is 4.95. The number of nitrogens with one attached hydrogen (secondary N) is 1. The van der Waals surface area contributed by atoms with Crippen molar-refractivity contribution in [1.82, 2.24) is 5.32 Å². The largest absolute Gasteiger partial charge is 0.497 e. The average molecular weight is 276 g/mol. The van der Waals surface area contributed by atoms with Gasteiger partial charge in [0.25, 0.3) is 0 Å². The zero-order chi connectivity index (χ0) is 13.8. The summed E-state index contributed by atoms with van der Waals surface area (Å²) >= 11 is 6.13. The van der Waals surface area contributed by atoms with E-state index in [4.69, 9.17) is 16.3 Å². The Morgan fingerprint density at radius 3 is 2.53 bits per heavy atom. The lowest BCUT2D eigenvalue weighted by molar-refractivity contribution is 0.414. The minimum atomic E-state index is 0.755. The molecule has 2 rings (SSSR count). The number of methoxy groups -OCH3 is 1. The highest BCUT2D eigenvalue weighted by Gasteiger charge is 2.09. The van der Waals surface area contributed by atoms with Crippen LogP contribution in [0.1, 0.15) is 11.1 Å². The molecule has 0 atom stereocenters. The van der Waals surface area contributed by atoms with Crippen LogP contribution >= 0.6 is 11.6 Å². The van der Waals surface area contributed by atoms with Gasteiger partial charge in [-0.3, -0.25) is 0 Å². The molecule has 1 N–H and O–H groups in total. The summed E-state index contributed by atoms with van der Waals surface area (Å²) in [5, 5.41) is 3.94. The number of aryl methyl sites for hydroxylation is 1. The molecule has 0 spiro atoms. The number of hydrogen-bond acceptors (Lipinski definition) is 2. The van der Waals surface area contributed by atoms with Crippen LogP contribution in [0.3, 0.4) is 0 Å². The minimum Gasteiger partial charge on any atom is -0.497 e. The molecule has 0 amide bonds. The molecule has 0 unspecified atom stereocenters. The van der Waals surface area contributed by atoms with Gasteiger partial charge in [-0.15, -0.1) is 0 Å². The maximum absolute atomic E-state index is 6.13. The van der Waals surface area contributed by atoms with Crippen LogP contribution < -0.4 is 10.1 Å². The van der Waals surface area contributed by atoms with Gasteiger partial charge in [-0.25, -0.2) is 0 Å². The van der Waals surface area contributed by atoms with Crippen molar-refractivity contribution in [3.8, 4) is 16.9 Å². The molecule has 0 bridgehead atoms. The molecule has 0 saturated carbocycles. The van der Waals surface area contributed by atoms with E-state index in [1.807, 2.05) is 31.3 Å². The molecule has 0 heterocycles. The number of rotatable bonds is 4. The van der Waals surface area contributed by atoms with Gasteiger partial charge in [0.15, 0.2) is 0 Å². The first-order valence-corrected chi connectivity index (χ1v) is 6.61. The second-order valence-electron chi connectivity index (χ2n) is 4.51. The molecule has 0 fully saturated rings. The summed E-state index contributed by atoms with van der Waals surface area (Å²) in [6.45, 7) is 2.90. The molecule has 0 saturated heterocycles. The van der Waals surface area contributed by atoms with Gasteiger partial charge in [0.1, 0.15) is 5.75 Å². The third kappa shape index (κ3) is 3.09. The Balaban J connectivity index is 2.54. The first-order valence-electron chi connectivity index (χ1n) is 6.23. The van der Waals surface area contributed by atoms with Crippen molar-refractivity contribution in [2.24, 2.45) is 0 Å². The van der Waals surface area contributed by atoms with Crippen molar-refractivity contribution in [3.05, 3.63) is 52.5 Å². The smallest absolute Gasteiger partial charge is 0.119 e. The van der Waals surface area contributed by atoms with Crippen LogP contribution in [0.5, 0.6) is 5.75 Å². The highest BCUT2D eigenvalue weighted by atomic mass is 35.5. The lowest BCUT2D eigenvalue weighted by Crippen LogP contribution is -2.06. The molecule has 2 aromatic carbocycles. The van der Waals surface area contributed by atoms with Gasteiger partial charge >= 0.3 is 0 Å². The Hall–Kier alpha value is -1.51. The molecule has 19 heavy (non-hydrogen) atoms. The molecular formula is C16H18ClNO. The van der Waals surface area contributed by atoms with Crippen LogP contribution in [0, 0.1) is 6.92 Å². The van der Waals surface area contributed by atoms with Crippen LogP contribution in [0.15, 0.2) is 36.4 Å². The average Bonchev–Trinajstić information content (AvgIpc) is 2.41. The van der Waals surface area contributed by atoms with Crippen molar-refractivity contribution in [2.45, 2.75) is 13.5 Å². The third-order valence-corrected chi connectivity index (χ3v) is 3.40. The molecule has 3 heteroatoms. The summed E-state index contributed by atoms with van der Waals surface area (Å²) in [6, 6.07) is 12.1. The van der Waals surface area contributed by atoms with E-state index in [1.165, 1.54) is 22.3 Å². The van der Waals surface area contributed by atoms with E-state index in [-0.39, 0.29) is 0 Å². The molecule has 100 valence electrons. The predicted molar refractivity (Wildman–Crippen MR) is 80.9 cm³/mol. The van der Waals surface area contributed by atoms with Crippen molar-refractivity contribution in [2.75, 3.05) is 14.2 Å². The topological polar surface area (TPSA) is 21.3 Å². The molecule has 0 aliphatic heterocycles. The first kappa shape index (κ1) is 13.9. The molecule has 0 aliphatic carbocycles. The Kier molecular flexibility index (Phi) is 4.46. The standard InChI is InChI=1S/C16H18ClNO/c1-11-8-14(19-3)6-7-15(11)16-9-13(17)5-4-12(16)10-18-2/h4-9,18H,10H2,1-3H3. The van der Waals surface area contributed by atoms with Crippen molar-refractivity contribution < 1.29 is 4.74 Å². The molecule has 2 nitrogen and oxygen atoms in total. The Morgan fingerprint density at radius 1 is 1.11 bits per heavy atom. The summed E-state index contributed by atoms with van der Waals surface area (Å²) in [4.78, 5) is 0. The number of benzene rings is 2. The Labute approximate surface area is 119 Å².